The molecular formula is C37H48O6. The van der Waals surface area contributed by atoms with Crippen molar-refractivity contribution >= 4 is 5.97 Å². The Hall–Kier alpha value is -2.99. The van der Waals surface area contributed by atoms with E-state index in [1.165, 1.54) is 0 Å². The summed E-state index contributed by atoms with van der Waals surface area (Å²) >= 11 is 0. The molecule has 0 unspecified atom stereocenters. The lowest BCUT2D eigenvalue weighted by Gasteiger charge is -2.44. The van der Waals surface area contributed by atoms with E-state index in [-0.39, 0.29) is 10.8 Å². The lowest BCUT2D eigenvalue weighted by molar-refractivity contribution is -0.135. The first-order chi connectivity index (χ1) is 19.9. The van der Waals surface area contributed by atoms with E-state index < -0.39 is 35.5 Å². The number of esters is 1. The van der Waals surface area contributed by atoms with Crippen molar-refractivity contribution in [3.8, 4) is 0 Å². The average molecular weight is 589 g/mol. The van der Waals surface area contributed by atoms with Gasteiger partial charge in [-0.3, -0.25) is 0 Å². The van der Waals surface area contributed by atoms with Gasteiger partial charge in [0.15, 0.2) is 0 Å². The zero-order chi connectivity index (χ0) is 31.8. The monoisotopic (exact) mass is 588 g/mol. The summed E-state index contributed by atoms with van der Waals surface area (Å²) in [5.41, 5.74) is 5.44. The Labute approximate surface area is 256 Å². The largest absolute Gasteiger partial charge is 0.423 e. The lowest BCUT2D eigenvalue weighted by Crippen LogP contribution is -2.45. The topological polar surface area (TPSA) is 96.2 Å². The average Bonchev–Trinajstić information content (AvgIpc) is 3.38. The lowest BCUT2D eigenvalue weighted by atomic mass is 9.65. The molecule has 6 nitrogen and oxygen atoms in total. The number of allylic oxidation sites excluding steroid dienone is 10. The second-order valence-corrected chi connectivity index (χ2v) is 14.3. The summed E-state index contributed by atoms with van der Waals surface area (Å²) in [6.07, 6.45) is 19.8. The highest BCUT2D eigenvalue weighted by Gasteiger charge is 2.52. The minimum Gasteiger partial charge on any atom is -0.423 e. The van der Waals surface area contributed by atoms with Gasteiger partial charge in [0.25, 0.3) is 0 Å². The number of carbonyl (C=O) groups is 1. The summed E-state index contributed by atoms with van der Waals surface area (Å²) in [4.78, 5) is 12.7. The van der Waals surface area contributed by atoms with Gasteiger partial charge in [0.2, 0.25) is 0 Å². The van der Waals surface area contributed by atoms with Crippen LogP contribution in [-0.4, -0.2) is 50.8 Å². The Morgan fingerprint density at radius 3 is 2.14 bits per heavy atom. The number of cyclic esters (lactones) is 1. The van der Waals surface area contributed by atoms with Gasteiger partial charge in [-0.1, -0.05) is 64.2 Å². The minimum atomic E-state index is -1.08. The van der Waals surface area contributed by atoms with E-state index in [4.69, 9.17) is 9.47 Å². The molecule has 0 aromatic heterocycles. The van der Waals surface area contributed by atoms with Crippen LogP contribution in [0.2, 0.25) is 0 Å². The smallest absolute Gasteiger partial charge is 0.342 e. The predicted octanol–water partition coefficient (Wildman–Crippen LogP) is 6.64. The van der Waals surface area contributed by atoms with Crippen molar-refractivity contribution in [1.82, 2.24) is 0 Å². The fourth-order valence-corrected chi connectivity index (χ4v) is 7.31. The van der Waals surface area contributed by atoms with Gasteiger partial charge in [0.1, 0.15) is 11.9 Å². The SMILES string of the molecule is C\C(C=C=C1C(C)(C)C[C@H](O)C[C@@]1(C)O)=C/C=C/C=C/C=C(C)/C=C1/C=C([C@H]2C=C3C(C)(C)C[C@H](O)C[C@@]3(C)O2)C(=O)O1. The van der Waals surface area contributed by atoms with Crippen LogP contribution in [0.5, 0.6) is 0 Å². The Bertz CT molecular complexity index is 1400. The van der Waals surface area contributed by atoms with Crippen molar-refractivity contribution in [2.45, 2.75) is 111 Å². The van der Waals surface area contributed by atoms with Gasteiger partial charge in [0, 0.05) is 18.4 Å². The van der Waals surface area contributed by atoms with Gasteiger partial charge >= 0.3 is 5.97 Å². The molecule has 0 radical (unpaired) electrons. The van der Waals surface area contributed by atoms with Crippen LogP contribution < -0.4 is 0 Å². The number of aliphatic hydroxyl groups is 3. The fourth-order valence-electron chi connectivity index (χ4n) is 7.31. The zero-order valence-corrected chi connectivity index (χ0v) is 26.9. The third-order valence-electron chi connectivity index (χ3n) is 8.89. The predicted molar refractivity (Wildman–Crippen MR) is 170 cm³/mol. The Morgan fingerprint density at radius 1 is 0.884 bits per heavy atom. The molecule has 2 heterocycles. The molecule has 0 saturated heterocycles. The summed E-state index contributed by atoms with van der Waals surface area (Å²) in [5.74, 6) is 0.0770. The highest BCUT2D eigenvalue weighted by Crippen LogP contribution is 2.52. The first-order valence-electron chi connectivity index (χ1n) is 15.2. The highest BCUT2D eigenvalue weighted by atomic mass is 16.6. The maximum absolute atomic E-state index is 12.7. The van der Waals surface area contributed by atoms with Crippen LogP contribution in [0.1, 0.15) is 81.1 Å². The van der Waals surface area contributed by atoms with Gasteiger partial charge in [0.05, 0.1) is 29.0 Å². The maximum Gasteiger partial charge on any atom is 0.342 e. The Kier molecular flexibility index (Phi) is 9.33. The molecule has 5 atom stereocenters. The summed E-state index contributed by atoms with van der Waals surface area (Å²) in [6, 6.07) is 0. The van der Waals surface area contributed by atoms with E-state index in [1.807, 2.05) is 89.3 Å². The summed E-state index contributed by atoms with van der Waals surface area (Å²) in [7, 11) is 0. The molecule has 0 bridgehead atoms. The van der Waals surface area contributed by atoms with Crippen LogP contribution in [0.4, 0.5) is 0 Å². The van der Waals surface area contributed by atoms with Crippen LogP contribution >= 0.6 is 0 Å². The molecule has 2 saturated carbocycles. The fraction of sp³-hybridized carbons (Fsp3) is 0.514. The Morgan fingerprint density at radius 2 is 1.49 bits per heavy atom. The van der Waals surface area contributed by atoms with Gasteiger partial charge in [-0.15, -0.1) is 5.73 Å². The molecule has 6 heteroatoms. The van der Waals surface area contributed by atoms with E-state index in [9.17, 15) is 20.1 Å². The van der Waals surface area contributed by atoms with Crippen molar-refractivity contribution in [3.05, 3.63) is 100 Å². The van der Waals surface area contributed by atoms with Crippen molar-refractivity contribution < 1.29 is 29.6 Å². The molecule has 3 N–H and O–H groups in total. The quantitative estimate of drug-likeness (QED) is 0.139. The molecule has 0 amide bonds. The second kappa shape index (κ2) is 12.2. The third-order valence-corrected chi connectivity index (χ3v) is 8.89. The number of rotatable bonds is 6. The van der Waals surface area contributed by atoms with E-state index in [1.54, 1.807) is 13.0 Å². The van der Waals surface area contributed by atoms with E-state index in [0.29, 0.717) is 37.0 Å². The maximum atomic E-state index is 12.7. The van der Waals surface area contributed by atoms with E-state index in [0.717, 1.165) is 22.3 Å². The molecule has 0 aromatic rings. The number of hydrogen-bond acceptors (Lipinski definition) is 6. The standard InChI is InChI=1S/C37H48O6/c1-24(15-16-31-34(3,4)20-26(38)22-36(31,7)41)13-11-9-10-12-14-25(2)17-28-18-29(33(40)42-28)30-19-32-35(5,6)21-27(39)23-37(32,8)43-30/h9-15,17-19,26-27,30,38-39,41H,20-23H2,1-8H3/b11-9+,12-10+,24-13+,25-14+,28-17-/t16?,26-,27-,30+,36+,37+/m0/s1. The number of fused-ring (bicyclic) bond motifs is 1. The number of hydrogen-bond donors (Lipinski definition) is 3. The van der Waals surface area contributed by atoms with Crippen LogP contribution in [-0.2, 0) is 14.3 Å². The minimum absolute atomic E-state index is 0.203. The van der Waals surface area contributed by atoms with Crippen molar-refractivity contribution in [1.29, 1.82) is 0 Å². The summed E-state index contributed by atoms with van der Waals surface area (Å²) in [6.45, 7) is 15.9. The third kappa shape index (κ3) is 7.57. The van der Waals surface area contributed by atoms with E-state index in [2.05, 4.69) is 19.6 Å². The van der Waals surface area contributed by atoms with Gasteiger partial charge < -0.3 is 24.8 Å². The van der Waals surface area contributed by atoms with Crippen LogP contribution in [0.15, 0.2) is 100 Å². The summed E-state index contributed by atoms with van der Waals surface area (Å²) in [5, 5.41) is 31.3. The summed E-state index contributed by atoms with van der Waals surface area (Å²) < 4.78 is 11.9. The van der Waals surface area contributed by atoms with Crippen LogP contribution in [0, 0.1) is 10.8 Å². The van der Waals surface area contributed by atoms with Crippen molar-refractivity contribution in [3.63, 3.8) is 0 Å². The molecule has 2 aliphatic carbocycles. The number of aliphatic hydroxyl groups excluding tert-OH is 2. The van der Waals surface area contributed by atoms with Crippen molar-refractivity contribution in [2.24, 2.45) is 10.8 Å². The van der Waals surface area contributed by atoms with E-state index >= 15 is 0 Å². The first-order valence-corrected chi connectivity index (χ1v) is 15.2. The molecule has 2 aliphatic heterocycles. The molecule has 4 rings (SSSR count). The molecule has 0 spiro atoms. The normalized spacial score (nSPS) is 35.2. The molecule has 4 aliphatic rings. The molecular weight excluding hydrogens is 540 g/mol. The number of ether oxygens (including phenoxy) is 2. The van der Waals surface area contributed by atoms with Gasteiger partial charge in [-0.25, -0.2) is 4.79 Å². The van der Waals surface area contributed by atoms with Gasteiger partial charge in [-0.2, -0.15) is 0 Å². The van der Waals surface area contributed by atoms with Crippen LogP contribution in [0.3, 0.4) is 0 Å². The second-order valence-electron chi connectivity index (χ2n) is 14.3. The number of carbonyl (C=O) groups excluding carboxylic acids is 1. The molecule has 0 aromatic carbocycles. The Balaban J connectivity index is 1.38. The van der Waals surface area contributed by atoms with Crippen LogP contribution in [0.25, 0.3) is 0 Å². The van der Waals surface area contributed by atoms with Crippen molar-refractivity contribution in [2.75, 3.05) is 0 Å². The first kappa shape index (κ1) is 32.9. The highest BCUT2D eigenvalue weighted by molar-refractivity contribution is 5.94. The zero-order valence-electron chi connectivity index (χ0n) is 26.9. The molecule has 232 valence electrons. The molecule has 43 heavy (non-hydrogen) atoms. The van der Waals surface area contributed by atoms with Gasteiger partial charge in [-0.05, 0) is 92.4 Å². The molecule has 2 fully saturated rings.